The van der Waals surface area contributed by atoms with Crippen LogP contribution in [0.4, 0.5) is 11.4 Å². The Morgan fingerprint density at radius 3 is 2.27 bits per heavy atom. The van der Waals surface area contributed by atoms with Crippen LogP contribution in [0.25, 0.3) is 11.0 Å². The highest BCUT2D eigenvalue weighted by Crippen LogP contribution is 2.29. The molecule has 0 unspecified atom stereocenters. The van der Waals surface area contributed by atoms with Gasteiger partial charge >= 0.3 is 5.69 Å². The average Bonchev–Trinajstić information content (AvgIpc) is 2.78. The largest absolute Gasteiger partial charge is 0.457 e. The van der Waals surface area contributed by atoms with Crippen molar-refractivity contribution in [2.75, 3.05) is 5.32 Å². The van der Waals surface area contributed by atoms with Crippen LogP contribution in [0.1, 0.15) is 12.5 Å². The monoisotopic (exact) mass is 402 g/mol. The van der Waals surface area contributed by atoms with Crippen molar-refractivity contribution in [1.29, 1.82) is 0 Å². The van der Waals surface area contributed by atoms with Gasteiger partial charge in [0.25, 0.3) is 5.56 Å². The van der Waals surface area contributed by atoms with Gasteiger partial charge in [-0.25, -0.2) is 9.78 Å². The molecule has 2 aromatic heterocycles. The van der Waals surface area contributed by atoms with Crippen LogP contribution in [-0.4, -0.2) is 14.1 Å². The number of hydrogen-bond donors (Lipinski definition) is 1. The number of rotatable bonds is 5. The van der Waals surface area contributed by atoms with Gasteiger partial charge in [-0.2, -0.15) is 0 Å². The molecule has 152 valence electrons. The van der Waals surface area contributed by atoms with E-state index in [0.717, 1.165) is 21.6 Å². The maximum Gasteiger partial charge on any atom is 0.332 e. The molecule has 0 saturated carbocycles. The fraction of sp³-hybridized carbons (Fsp3) is 0.174. The van der Waals surface area contributed by atoms with Gasteiger partial charge < -0.3 is 10.1 Å². The molecule has 0 bridgehead atoms. The molecule has 0 atom stereocenters. The molecule has 2 heterocycles. The van der Waals surface area contributed by atoms with Crippen molar-refractivity contribution in [1.82, 2.24) is 14.1 Å². The number of nitrogens with zero attached hydrogens (tertiary/aromatic N) is 3. The van der Waals surface area contributed by atoms with E-state index < -0.39 is 5.69 Å². The van der Waals surface area contributed by atoms with Crippen molar-refractivity contribution in [2.24, 2.45) is 14.1 Å². The van der Waals surface area contributed by atoms with Crippen LogP contribution in [0.15, 0.2) is 70.4 Å². The molecule has 0 aliphatic heterocycles. The number of fused-ring (bicyclic) bond motifs is 1. The third-order valence-electron chi connectivity index (χ3n) is 5.03. The van der Waals surface area contributed by atoms with Crippen molar-refractivity contribution in [3.8, 4) is 11.5 Å². The van der Waals surface area contributed by atoms with Gasteiger partial charge in [0.2, 0.25) is 0 Å². The molecule has 4 rings (SSSR count). The van der Waals surface area contributed by atoms with Gasteiger partial charge in [0.05, 0.1) is 5.69 Å². The lowest BCUT2D eigenvalue weighted by Crippen LogP contribution is -2.37. The van der Waals surface area contributed by atoms with Crippen molar-refractivity contribution >= 4 is 22.4 Å². The van der Waals surface area contributed by atoms with Crippen LogP contribution >= 0.6 is 0 Å². The Balaban J connectivity index is 1.75. The van der Waals surface area contributed by atoms with E-state index in [9.17, 15) is 9.59 Å². The number of hydrogen-bond acceptors (Lipinski definition) is 5. The molecule has 0 fully saturated rings. The second-order valence-corrected chi connectivity index (χ2v) is 6.98. The number of pyridine rings is 1. The lowest BCUT2D eigenvalue weighted by Gasteiger charge is -2.16. The summed E-state index contributed by atoms with van der Waals surface area (Å²) in [5.74, 6) is 1.47. The van der Waals surface area contributed by atoms with E-state index in [1.165, 1.54) is 11.6 Å². The summed E-state index contributed by atoms with van der Waals surface area (Å²) in [6.45, 7) is 2.00. The van der Waals surface area contributed by atoms with Crippen LogP contribution in [0.5, 0.6) is 11.5 Å². The summed E-state index contributed by atoms with van der Waals surface area (Å²) in [6, 6.07) is 17.0. The Morgan fingerprint density at radius 1 is 0.933 bits per heavy atom. The minimum Gasteiger partial charge on any atom is -0.457 e. The minimum atomic E-state index is -0.405. The molecular weight excluding hydrogens is 380 g/mol. The summed E-state index contributed by atoms with van der Waals surface area (Å²) in [7, 11) is 3.09. The average molecular weight is 402 g/mol. The minimum absolute atomic E-state index is 0.354. The standard InChI is InChI=1S/C23H22N4O3/c1-4-15-14-24-21-19(22(28)27(3)23(29)26(21)2)20(15)25-16-10-12-18(13-11-16)30-17-8-6-5-7-9-17/h5-14H,4H2,1-3H3,(H,24,25). The summed E-state index contributed by atoms with van der Waals surface area (Å²) < 4.78 is 8.32. The summed E-state index contributed by atoms with van der Waals surface area (Å²) in [5.41, 5.74) is 1.93. The third-order valence-corrected chi connectivity index (χ3v) is 5.03. The van der Waals surface area contributed by atoms with E-state index in [4.69, 9.17) is 4.74 Å². The molecule has 0 saturated heterocycles. The van der Waals surface area contributed by atoms with Crippen LogP contribution < -0.4 is 21.3 Å². The van der Waals surface area contributed by atoms with Gasteiger partial charge in [0.1, 0.15) is 16.9 Å². The summed E-state index contributed by atoms with van der Waals surface area (Å²) in [6.07, 6.45) is 2.39. The summed E-state index contributed by atoms with van der Waals surface area (Å²) >= 11 is 0. The van der Waals surface area contributed by atoms with Crippen molar-refractivity contribution in [2.45, 2.75) is 13.3 Å². The van der Waals surface area contributed by atoms with Gasteiger partial charge in [-0.05, 0) is 48.4 Å². The van der Waals surface area contributed by atoms with Gasteiger partial charge in [-0.15, -0.1) is 0 Å². The van der Waals surface area contributed by atoms with Gasteiger partial charge in [0.15, 0.2) is 5.65 Å². The first-order valence-electron chi connectivity index (χ1n) is 9.67. The number of anilines is 2. The molecule has 0 aliphatic carbocycles. The SMILES string of the molecule is CCc1cnc2c(c1Nc1ccc(Oc3ccccc3)cc1)c(=O)n(C)c(=O)n2C. The number of benzene rings is 2. The molecule has 30 heavy (non-hydrogen) atoms. The number of ether oxygens (including phenoxy) is 1. The predicted molar refractivity (Wildman–Crippen MR) is 118 cm³/mol. The number of nitrogens with one attached hydrogen (secondary N) is 1. The highest BCUT2D eigenvalue weighted by Gasteiger charge is 2.17. The zero-order valence-corrected chi connectivity index (χ0v) is 17.0. The zero-order valence-electron chi connectivity index (χ0n) is 17.0. The third kappa shape index (κ3) is 3.45. The topological polar surface area (TPSA) is 78.2 Å². The maximum absolute atomic E-state index is 12.9. The molecule has 0 radical (unpaired) electrons. The van der Waals surface area contributed by atoms with E-state index in [0.29, 0.717) is 28.9 Å². The van der Waals surface area contributed by atoms with Gasteiger partial charge in [-0.1, -0.05) is 25.1 Å². The molecule has 7 nitrogen and oxygen atoms in total. The highest BCUT2D eigenvalue weighted by molar-refractivity contribution is 5.92. The number of aryl methyl sites for hydroxylation is 2. The van der Waals surface area contributed by atoms with E-state index in [1.54, 1.807) is 13.2 Å². The molecule has 0 amide bonds. The van der Waals surface area contributed by atoms with Crippen LogP contribution in [-0.2, 0) is 20.5 Å². The second-order valence-electron chi connectivity index (χ2n) is 6.98. The smallest absolute Gasteiger partial charge is 0.332 e. The summed E-state index contributed by atoms with van der Waals surface area (Å²) in [5, 5.41) is 3.74. The van der Waals surface area contributed by atoms with E-state index in [-0.39, 0.29) is 5.56 Å². The van der Waals surface area contributed by atoms with E-state index in [2.05, 4.69) is 10.3 Å². The fourth-order valence-electron chi connectivity index (χ4n) is 3.35. The zero-order chi connectivity index (χ0) is 21.3. The Kier molecular flexibility index (Phi) is 5.10. The summed E-state index contributed by atoms with van der Waals surface area (Å²) in [4.78, 5) is 29.5. The van der Waals surface area contributed by atoms with E-state index >= 15 is 0 Å². The highest BCUT2D eigenvalue weighted by atomic mass is 16.5. The molecule has 1 N–H and O–H groups in total. The first-order chi connectivity index (χ1) is 14.5. The van der Waals surface area contributed by atoms with Gasteiger partial charge in [-0.3, -0.25) is 13.9 Å². The lowest BCUT2D eigenvalue weighted by molar-refractivity contribution is 0.483. The fourth-order valence-corrected chi connectivity index (χ4v) is 3.35. The second kappa shape index (κ2) is 7.87. The molecular formula is C23H22N4O3. The predicted octanol–water partition coefficient (Wildman–Crippen LogP) is 3.73. The van der Waals surface area contributed by atoms with Gasteiger partial charge in [0, 0.05) is 26.0 Å². The molecule has 7 heteroatoms. The van der Waals surface area contributed by atoms with E-state index in [1.807, 2.05) is 61.5 Å². The van der Waals surface area contributed by atoms with Crippen LogP contribution in [0, 0.1) is 0 Å². The molecule has 0 spiro atoms. The van der Waals surface area contributed by atoms with Crippen molar-refractivity contribution in [3.63, 3.8) is 0 Å². The molecule has 4 aromatic rings. The maximum atomic E-state index is 12.9. The number of aromatic nitrogens is 3. The quantitative estimate of drug-likeness (QED) is 0.550. The van der Waals surface area contributed by atoms with Crippen LogP contribution in [0.3, 0.4) is 0 Å². The van der Waals surface area contributed by atoms with Crippen molar-refractivity contribution in [3.05, 3.63) is 87.2 Å². The first kappa shape index (κ1) is 19.4. The van der Waals surface area contributed by atoms with Crippen LogP contribution in [0.2, 0.25) is 0 Å². The molecule has 0 aliphatic rings. The Morgan fingerprint density at radius 2 is 1.60 bits per heavy atom. The van der Waals surface area contributed by atoms with Crippen molar-refractivity contribution < 1.29 is 4.74 Å². The Hall–Kier alpha value is -3.87. The number of para-hydroxylation sites is 1. The molecule has 2 aromatic carbocycles. The normalized spacial score (nSPS) is 10.9. The Labute approximate surface area is 173 Å². The first-order valence-corrected chi connectivity index (χ1v) is 9.67. The Bertz CT molecular complexity index is 1320. The lowest BCUT2D eigenvalue weighted by atomic mass is 10.1.